The number of ether oxygens (including phenoxy) is 2. The van der Waals surface area contributed by atoms with Crippen LogP contribution in [0.25, 0.3) is 0 Å². The highest BCUT2D eigenvalue weighted by atomic mass is 16.7. The van der Waals surface area contributed by atoms with Crippen LogP contribution in [0.5, 0.6) is 0 Å². The van der Waals surface area contributed by atoms with Gasteiger partial charge in [-0.15, -0.1) is 0 Å². The van der Waals surface area contributed by atoms with Crippen LogP contribution in [0, 0.1) is 0 Å². The molecule has 0 spiro atoms. The van der Waals surface area contributed by atoms with Crippen molar-refractivity contribution in [2.45, 2.75) is 38.9 Å². The minimum absolute atomic E-state index is 0.481. The molecule has 1 aliphatic heterocycles. The quantitative estimate of drug-likeness (QED) is 0.775. The van der Waals surface area contributed by atoms with Crippen molar-refractivity contribution in [2.75, 3.05) is 13.2 Å². The second kappa shape index (κ2) is 4.98. The van der Waals surface area contributed by atoms with E-state index in [1.807, 2.05) is 0 Å². The fourth-order valence-electron chi connectivity index (χ4n) is 2.24. The van der Waals surface area contributed by atoms with Crippen LogP contribution in [0.4, 0.5) is 0 Å². The van der Waals surface area contributed by atoms with Crippen molar-refractivity contribution in [3.63, 3.8) is 0 Å². The zero-order chi connectivity index (χ0) is 11.4. The third-order valence-corrected chi connectivity index (χ3v) is 3.15. The van der Waals surface area contributed by atoms with E-state index in [0.29, 0.717) is 13.2 Å². The molecule has 0 aromatic heterocycles. The first-order valence-electron chi connectivity index (χ1n) is 6.18. The number of rotatable bonds is 4. The third-order valence-electron chi connectivity index (χ3n) is 3.15. The minimum atomic E-state index is -0.481. The van der Waals surface area contributed by atoms with Crippen LogP contribution in [0.1, 0.15) is 37.8 Å². The molecule has 88 valence electrons. The monoisotopic (exact) mass is 220 g/mol. The van der Waals surface area contributed by atoms with Crippen molar-refractivity contribution < 1.29 is 9.47 Å². The van der Waals surface area contributed by atoms with Crippen LogP contribution >= 0.6 is 0 Å². The summed E-state index contributed by atoms with van der Waals surface area (Å²) in [4.78, 5) is 0. The van der Waals surface area contributed by atoms with Crippen LogP contribution in [0.15, 0.2) is 24.3 Å². The van der Waals surface area contributed by atoms with Crippen LogP contribution in [0.3, 0.4) is 0 Å². The van der Waals surface area contributed by atoms with Gasteiger partial charge in [0.2, 0.25) is 0 Å². The van der Waals surface area contributed by atoms with Gasteiger partial charge >= 0.3 is 0 Å². The Balaban J connectivity index is 2.19. The molecule has 0 unspecified atom stereocenters. The number of hydrogen-bond acceptors (Lipinski definition) is 2. The minimum Gasteiger partial charge on any atom is -0.343 e. The normalized spacial score (nSPS) is 18.9. The molecule has 0 N–H and O–H groups in total. The molecule has 0 radical (unpaired) electrons. The molecule has 2 heteroatoms. The Morgan fingerprint density at radius 2 is 1.69 bits per heavy atom. The van der Waals surface area contributed by atoms with Crippen molar-refractivity contribution in [1.82, 2.24) is 0 Å². The van der Waals surface area contributed by atoms with Gasteiger partial charge in [-0.1, -0.05) is 44.5 Å². The van der Waals surface area contributed by atoms with Gasteiger partial charge in [0.1, 0.15) is 0 Å². The molecule has 0 aliphatic carbocycles. The lowest BCUT2D eigenvalue weighted by Crippen LogP contribution is -2.25. The lowest BCUT2D eigenvalue weighted by Gasteiger charge is -2.26. The maximum Gasteiger partial charge on any atom is 0.194 e. The molecule has 0 saturated carbocycles. The molecule has 0 atom stereocenters. The van der Waals surface area contributed by atoms with E-state index in [4.69, 9.17) is 9.47 Å². The van der Waals surface area contributed by atoms with Gasteiger partial charge in [0, 0.05) is 12.0 Å². The molecule has 0 amide bonds. The van der Waals surface area contributed by atoms with E-state index in [9.17, 15) is 0 Å². The predicted octanol–water partition coefficient (Wildman–Crippen LogP) is 3.25. The smallest absolute Gasteiger partial charge is 0.194 e. The molecule has 1 aromatic carbocycles. The summed E-state index contributed by atoms with van der Waals surface area (Å²) in [6.07, 6.45) is 3.19. The molecule has 1 saturated heterocycles. The molecule has 16 heavy (non-hydrogen) atoms. The van der Waals surface area contributed by atoms with E-state index in [0.717, 1.165) is 18.4 Å². The largest absolute Gasteiger partial charge is 0.343 e. The fourth-order valence-corrected chi connectivity index (χ4v) is 2.24. The number of hydrogen-bond donors (Lipinski definition) is 0. The van der Waals surface area contributed by atoms with Crippen molar-refractivity contribution >= 4 is 0 Å². The summed E-state index contributed by atoms with van der Waals surface area (Å²) in [6, 6.07) is 8.64. The Labute approximate surface area is 97.6 Å². The van der Waals surface area contributed by atoms with Crippen LogP contribution in [-0.4, -0.2) is 13.2 Å². The van der Waals surface area contributed by atoms with Gasteiger partial charge in [0.25, 0.3) is 0 Å². The van der Waals surface area contributed by atoms with Gasteiger partial charge in [0.05, 0.1) is 13.2 Å². The van der Waals surface area contributed by atoms with E-state index in [2.05, 4.69) is 38.1 Å². The van der Waals surface area contributed by atoms with Crippen LogP contribution < -0.4 is 0 Å². The topological polar surface area (TPSA) is 18.5 Å². The zero-order valence-electron chi connectivity index (χ0n) is 10.2. The average molecular weight is 220 g/mol. The summed E-state index contributed by atoms with van der Waals surface area (Å²) in [5.74, 6) is -0.481. The number of aryl methyl sites for hydroxylation is 1. The lowest BCUT2D eigenvalue weighted by molar-refractivity contribution is -0.167. The van der Waals surface area contributed by atoms with Crippen molar-refractivity contribution in [2.24, 2.45) is 0 Å². The predicted molar refractivity (Wildman–Crippen MR) is 64.3 cm³/mol. The van der Waals surface area contributed by atoms with E-state index in [1.165, 1.54) is 12.0 Å². The first-order valence-corrected chi connectivity index (χ1v) is 6.18. The van der Waals surface area contributed by atoms with Crippen molar-refractivity contribution in [3.05, 3.63) is 35.4 Å². The fraction of sp³-hybridized carbons (Fsp3) is 0.571. The summed E-state index contributed by atoms with van der Waals surface area (Å²) in [5, 5.41) is 0. The van der Waals surface area contributed by atoms with E-state index in [1.54, 1.807) is 0 Å². The first-order chi connectivity index (χ1) is 7.80. The highest BCUT2D eigenvalue weighted by Gasteiger charge is 2.36. The second-order valence-corrected chi connectivity index (χ2v) is 4.25. The number of benzene rings is 1. The standard InChI is InChI=1S/C14H20O2/c1-3-5-12-6-8-13(9-7-12)14(4-2)15-10-11-16-14/h6-9H,3-5,10-11H2,1-2H3. The van der Waals surface area contributed by atoms with Gasteiger partial charge < -0.3 is 9.47 Å². The Morgan fingerprint density at radius 3 is 2.19 bits per heavy atom. The molecule has 1 aliphatic rings. The maximum absolute atomic E-state index is 5.75. The molecule has 1 heterocycles. The summed E-state index contributed by atoms with van der Waals surface area (Å²) in [7, 11) is 0. The molecular formula is C14H20O2. The molecule has 2 rings (SSSR count). The molecule has 0 bridgehead atoms. The highest BCUT2D eigenvalue weighted by Crippen LogP contribution is 2.34. The Bertz CT molecular complexity index is 323. The zero-order valence-corrected chi connectivity index (χ0v) is 10.2. The van der Waals surface area contributed by atoms with Gasteiger partial charge in [-0.05, 0) is 12.0 Å². The van der Waals surface area contributed by atoms with E-state index >= 15 is 0 Å². The van der Waals surface area contributed by atoms with E-state index < -0.39 is 5.79 Å². The Morgan fingerprint density at radius 1 is 1.06 bits per heavy atom. The second-order valence-electron chi connectivity index (χ2n) is 4.25. The summed E-state index contributed by atoms with van der Waals surface area (Å²) < 4.78 is 11.5. The van der Waals surface area contributed by atoms with Gasteiger partial charge in [-0.25, -0.2) is 0 Å². The first kappa shape index (κ1) is 11.6. The summed E-state index contributed by atoms with van der Waals surface area (Å²) in [5.41, 5.74) is 2.53. The van der Waals surface area contributed by atoms with Gasteiger partial charge in [0.15, 0.2) is 5.79 Å². The molecular weight excluding hydrogens is 200 g/mol. The van der Waals surface area contributed by atoms with Crippen molar-refractivity contribution in [3.8, 4) is 0 Å². The maximum atomic E-state index is 5.75. The van der Waals surface area contributed by atoms with Gasteiger partial charge in [-0.2, -0.15) is 0 Å². The lowest BCUT2D eigenvalue weighted by atomic mass is 10.0. The highest BCUT2D eigenvalue weighted by molar-refractivity contribution is 5.26. The van der Waals surface area contributed by atoms with E-state index in [-0.39, 0.29) is 0 Å². The summed E-state index contributed by atoms with van der Waals surface area (Å²) in [6.45, 7) is 5.70. The molecule has 2 nitrogen and oxygen atoms in total. The van der Waals surface area contributed by atoms with Gasteiger partial charge in [-0.3, -0.25) is 0 Å². The summed E-state index contributed by atoms with van der Waals surface area (Å²) >= 11 is 0. The Hall–Kier alpha value is -0.860. The third kappa shape index (κ3) is 2.13. The van der Waals surface area contributed by atoms with Crippen molar-refractivity contribution in [1.29, 1.82) is 0 Å². The Kier molecular flexibility index (Phi) is 3.62. The molecule has 1 aromatic rings. The van der Waals surface area contributed by atoms with Crippen LogP contribution in [-0.2, 0) is 21.7 Å². The van der Waals surface area contributed by atoms with Crippen LogP contribution in [0.2, 0.25) is 0 Å². The molecule has 1 fully saturated rings. The SMILES string of the molecule is CCCc1ccc(C2(CC)OCCO2)cc1. The average Bonchev–Trinajstić information content (AvgIpc) is 2.80.